The van der Waals surface area contributed by atoms with E-state index in [-0.39, 0.29) is 6.61 Å². The average molecular weight is 234 g/mol. The minimum Gasteiger partial charge on any atom is -0.304 e. The van der Waals surface area contributed by atoms with Crippen molar-refractivity contribution in [1.29, 1.82) is 0 Å². The molecule has 0 unspecified atom stereocenters. The van der Waals surface area contributed by atoms with Gasteiger partial charge in [0, 0.05) is 5.41 Å². The van der Waals surface area contributed by atoms with E-state index >= 15 is 0 Å². The van der Waals surface area contributed by atoms with Crippen LogP contribution in [0.1, 0.15) is 18.4 Å². The third-order valence-electron chi connectivity index (χ3n) is 2.82. The lowest BCUT2D eigenvalue weighted by Gasteiger charge is -2.15. The largest absolute Gasteiger partial charge is 0.304 e. The molecule has 0 spiro atoms. The zero-order valence-corrected chi connectivity index (χ0v) is 8.65. The predicted molar refractivity (Wildman–Crippen MR) is 52.4 cm³/mol. The predicted octanol–water partition coefficient (Wildman–Crippen LogP) is 2.54. The quantitative estimate of drug-likeness (QED) is 0.643. The Balaban J connectivity index is 2.41. The SMILES string of the molecule is NOCC1(c2ccc(F)c(Cl)c2F)CC1. The average Bonchev–Trinajstić information content (AvgIpc) is 2.96. The van der Waals surface area contributed by atoms with Gasteiger partial charge >= 0.3 is 0 Å². The zero-order valence-electron chi connectivity index (χ0n) is 7.90. The molecule has 0 heterocycles. The van der Waals surface area contributed by atoms with E-state index in [0.29, 0.717) is 5.56 Å². The number of hydrogen-bond acceptors (Lipinski definition) is 2. The maximum absolute atomic E-state index is 13.7. The van der Waals surface area contributed by atoms with Crippen LogP contribution in [-0.2, 0) is 10.3 Å². The summed E-state index contributed by atoms with van der Waals surface area (Å²) in [5, 5.41) is -0.462. The van der Waals surface area contributed by atoms with Crippen molar-refractivity contribution >= 4 is 11.6 Å². The number of halogens is 3. The van der Waals surface area contributed by atoms with E-state index in [1.807, 2.05) is 0 Å². The zero-order chi connectivity index (χ0) is 11.1. The third kappa shape index (κ3) is 1.73. The van der Waals surface area contributed by atoms with Gasteiger partial charge in [-0.05, 0) is 24.5 Å². The van der Waals surface area contributed by atoms with Crippen LogP contribution in [0.5, 0.6) is 0 Å². The van der Waals surface area contributed by atoms with Crippen molar-refractivity contribution < 1.29 is 13.6 Å². The Bertz CT molecular complexity index is 393. The van der Waals surface area contributed by atoms with E-state index in [1.54, 1.807) is 0 Å². The highest BCUT2D eigenvalue weighted by molar-refractivity contribution is 6.31. The van der Waals surface area contributed by atoms with Crippen molar-refractivity contribution in [3.05, 3.63) is 34.4 Å². The fraction of sp³-hybridized carbons (Fsp3) is 0.400. The highest BCUT2D eigenvalue weighted by atomic mass is 35.5. The molecular weight excluding hydrogens is 224 g/mol. The first-order valence-electron chi connectivity index (χ1n) is 4.56. The summed E-state index contributed by atoms with van der Waals surface area (Å²) in [5.41, 5.74) is -0.0183. The molecule has 1 aromatic rings. The van der Waals surface area contributed by atoms with Crippen LogP contribution in [0.3, 0.4) is 0 Å². The Morgan fingerprint density at radius 3 is 2.60 bits per heavy atom. The first kappa shape index (κ1) is 10.8. The number of benzene rings is 1. The van der Waals surface area contributed by atoms with Gasteiger partial charge in [-0.15, -0.1) is 0 Å². The summed E-state index contributed by atoms with van der Waals surface area (Å²) in [4.78, 5) is 4.55. The molecule has 0 saturated heterocycles. The Morgan fingerprint density at radius 1 is 1.40 bits per heavy atom. The van der Waals surface area contributed by atoms with Crippen molar-refractivity contribution in [2.24, 2.45) is 5.90 Å². The molecule has 0 atom stereocenters. The Labute approximate surface area is 90.9 Å². The van der Waals surface area contributed by atoms with Crippen LogP contribution in [0.4, 0.5) is 8.78 Å². The summed E-state index contributed by atoms with van der Waals surface area (Å²) in [5.74, 6) is 3.53. The molecule has 82 valence electrons. The third-order valence-corrected chi connectivity index (χ3v) is 3.17. The summed E-state index contributed by atoms with van der Waals surface area (Å²) in [7, 11) is 0. The van der Waals surface area contributed by atoms with E-state index in [1.165, 1.54) is 6.07 Å². The standard InChI is InChI=1S/C10H10ClF2NO/c11-8-7(12)2-1-6(9(8)13)10(3-4-10)5-15-14/h1-2H,3-5,14H2. The maximum atomic E-state index is 13.7. The summed E-state index contributed by atoms with van der Waals surface area (Å²) < 4.78 is 26.6. The van der Waals surface area contributed by atoms with Crippen molar-refractivity contribution in [2.45, 2.75) is 18.3 Å². The molecule has 0 aliphatic heterocycles. The van der Waals surface area contributed by atoms with E-state index in [2.05, 4.69) is 4.84 Å². The van der Waals surface area contributed by atoms with Gasteiger partial charge in [-0.25, -0.2) is 14.7 Å². The van der Waals surface area contributed by atoms with Gasteiger partial charge in [0.2, 0.25) is 0 Å². The van der Waals surface area contributed by atoms with Crippen LogP contribution in [0.15, 0.2) is 12.1 Å². The van der Waals surface area contributed by atoms with Crippen LogP contribution in [-0.4, -0.2) is 6.61 Å². The highest BCUT2D eigenvalue weighted by Crippen LogP contribution is 2.49. The van der Waals surface area contributed by atoms with E-state index in [0.717, 1.165) is 18.9 Å². The molecule has 2 N–H and O–H groups in total. The first-order valence-corrected chi connectivity index (χ1v) is 4.94. The molecule has 1 aliphatic rings. The van der Waals surface area contributed by atoms with Gasteiger partial charge in [0.15, 0.2) is 0 Å². The fourth-order valence-corrected chi connectivity index (χ4v) is 1.90. The van der Waals surface area contributed by atoms with E-state index in [9.17, 15) is 8.78 Å². The smallest absolute Gasteiger partial charge is 0.148 e. The van der Waals surface area contributed by atoms with Crippen LogP contribution in [0, 0.1) is 11.6 Å². The summed E-state index contributed by atoms with van der Waals surface area (Å²) in [6, 6.07) is 2.57. The second kappa shape index (κ2) is 3.70. The molecule has 0 radical (unpaired) electrons. The molecule has 15 heavy (non-hydrogen) atoms. The molecule has 2 rings (SSSR count). The van der Waals surface area contributed by atoms with Crippen LogP contribution < -0.4 is 5.90 Å². The van der Waals surface area contributed by atoms with E-state index < -0.39 is 22.1 Å². The minimum absolute atomic E-state index is 0.228. The second-order valence-electron chi connectivity index (χ2n) is 3.81. The van der Waals surface area contributed by atoms with Gasteiger partial charge in [-0.2, -0.15) is 0 Å². The molecule has 1 aliphatic carbocycles. The molecule has 5 heteroatoms. The molecule has 1 aromatic carbocycles. The van der Waals surface area contributed by atoms with Crippen LogP contribution in [0.2, 0.25) is 5.02 Å². The fourth-order valence-electron chi connectivity index (χ4n) is 1.74. The van der Waals surface area contributed by atoms with Gasteiger partial charge in [0.05, 0.1) is 6.61 Å². The molecule has 2 nitrogen and oxygen atoms in total. The van der Waals surface area contributed by atoms with Crippen molar-refractivity contribution in [3.8, 4) is 0 Å². The van der Waals surface area contributed by atoms with Gasteiger partial charge < -0.3 is 4.84 Å². The van der Waals surface area contributed by atoms with Gasteiger partial charge in [0.25, 0.3) is 0 Å². The highest BCUT2D eigenvalue weighted by Gasteiger charge is 2.47. The normalized spacial score (nSPS) is 17.9. The minimum atomic E-state index is -0.748. The van der Waals surface area contributed by atoms with Gasteiger partial charge in [-0.3, -0.25) is 0 Å². The van der Waals surface area contributed by atoms with Crippen LogP contribution >= 0.6 is 11.6 Å². The Hall–Kier alpha value is -0.710. The molecule has 1 saturated carbocycles. The number of rotatable bonds is 3. The number of hydrogen-bond donors (Lipinski definition) is 1. The monoisotopic (exact) mass is 233 g/mol. The van der Waals surface area contributed by atoms with Gasteiger partial charge in [-0.1, -0.05) is 17.7 Å². The van der Waals surface area contributed by atoms with Crippen molar-refractivity contribution in [1.82, 2.24) is 0 Å². The first-order chi connectivity index (χ1) is 7.10. The van der Waals surface area contributed by atoms with E-state index in [4.69, 9.17) is 17.5 Å². The molecular formula is C10H10ClF2NO. The molecule has 0 aromatic heterocycles. The van der Waals surface area contributed by atoms with Crippen molar-refractivity contribution in [2.75, 3.05) is 6.61 Å². The Morgan fingerprint density at radius 2 is 2.07 bits per heavy atom. The summed E-state index contributed by atoms with van der Waals surface area (Å²) in [6.45, 7) is 0.228. The lowest BCUT2D eigenvalue weighted by molar-refractivity contribution is 0.115. The maximum Gasteiger partial charge on any atom is 0.148 e. The summed E-state index contributed by atoms with van der Waals surface area (Å²) in [6.07, 6.45) is 1.56. The van der Waals surface area contributed by atoms with Crippen LogP contribution in [0.25, 0.3) is 0 Å². The van der Waals surface area contributed by atoms with Gasteiger partial charge in [0.1, 0.15) is 16.7 Å². The molecule has 0 amide bonds. The Kier molecular flexibility index (Phi) is 2.66. The lowest BCUT2D eigenvalue weighted by Crippen LogP contribution is -2.19. The topological polar surface area (TPSA) is 35.2 Å². The number of nitrogens with two attached hydrogens (primary N) is 1. The molecule has 0 bridgehead atoms. The van der Waals surface area contributed by atoms with Crippen molar-refractivity contribution in [3.63, 3.8) is 0 Å². The second-order valence-corrected chi connectivity index (χ2v) is 4.19. The molecule has 1 fully saturated rings. The summed E-state index contributed by atoms with van der Waals surface area (Å²) >= 11 is 5.49. The lowest BCUT2D eigenvalue weighted by atomic mass is 9.96.